The summed E-state index contributed by atoms with van der Waals surface area (Å²) in [6, 6.07) is 16.4. The molecule has 0 spiro atoms. The van der Waals surface area contributed by atoms with E-state index in [1.807, 2.05) is 24.3 Å². The van der Waals surface area contributed by atoms with Crippen LogP contribution in [0.1, 0.15) is 30.4 Å². The van der Waals surface area contributed by atoms with Crippen molar-refractivity contribution >= 4 is 12.1 Å². The quantitative estimate of drug-likeness (QED) is 0.915. The minimum atomic E-state index is -0.883. The predicted octanol–water partition coefficient (Wildman–Crippen LogP) is 3.73. The van der Waals surface area contributed by atoms with Crippen molar-refractivity contribution < 1.29 is 19.4 Å². The molecule has 1 aliphatic carbocycles. The van der Waals surface area contributed by atoms with Gasteiger partial charge in [-0.1, -0.05) is 48.5 Å². The molecule has 0 unspecified atom stereocenters. The van der Waals surface area contributed by atoms with E-state index in [1.165, 1.54) is 27.2 Å². The molecule has 26 heavy (non-hydrogen) atoms. The Hall–Kier alpha value is -2.82. The molecular formula is C21H21NO4. The van der Waals surface area contributed by atoms with Crippen LogP contribution in [0.4, 0.5) is 4.79 Å². The average molecular weight is 351 g/mol. The normalized spacial score (nSPS) is 21.3. The van der Waals surface area contributed by atoms with Gasteiger partial charge in [0, 0.05) is 19.0 Å². The first kappa shape index (κ1) is 16.6. The van der Waals surface area contributed by atoms with E-state index in [9.17, 15) is 14.7 Å². The first-order chi connectivity index (χ1) is 12.5. The fourth-order valence-electron chi connectivity index (χ4n) is 3.98. The highest BCUT2D eigenvalue weighted by atomic mass is 16.6. The molecular weight excluding hydrogens is 330 g/mol. The maximum atomic E-state index is 12.4. The minimum Gasteiger partial charge on any atom is -0.481 e. The number of aliphatic carboxylic acids is 1. The van der Waals surface area contributed by atoms with Crippen molar-refractivity contribution in [3.8, 4) is 11.1 Å². The Morgan fingerprint density at radius 1 is 1.12 bits per heavy atom. The maximum absolute atomic E-state index is 12.4. The molecule has 1 saturated heterocycles. The Morgan fingerprint density at radius 3 is 2.23 bits per heavy atom. The Kier molecular flexibility index (Phi) is 3.94. The largest absolute Gasteiger partial charge is 0.481 e. The number of carbonyl (C=O) groups is 2. The number of ether oxygens (including phenoxy) is 1. The molecule has 1 N–H and O–H groups in total. The van der Waals surface area contributed by atoms with E-state index in [2.05, 4.69) is 24.3 Å². The van der Waals surface area contributed by atoms with Crippen molar-refractivity contribution in [3.63, 3.8) is 0 Å². The Morgan fingerprint density at radius 2 is 1.69 bits per heavy atom. The molecule has 134 valence electrons. The summed E-state index contributed by atoms with van der Waals surface area (Å²) < 4.78 is 5.59. The highest BCUT2D eigenvalue weighted by Gasteiger charge is 2.43. The molecule has 1 fully saturated rings. The molecule has 0 aromatic heterocycles. The van der Waals surface area contributed by atoms with E-state index in [1.54, 1.807) is 6.92 Å². The Labute approximate surface area is 152 Å². The molecule has 1 aliphatic heterocycles. The fraction of sp³-hybridized carbons (Fsp3) is 0.333. The molecule has 0 radical (unpaired) electrons. The monoisotopic (exact) mass is 351 g/mol. The fourth-order valence-corrected chi connectivity index (χ4v) is 3.98. The molecule has 5 nitrogen and oxygen atoms in total. The van der Waals surface area contributed by atoms with Crippen molar-refractivity contribution in [2.24, 2.45) is 5.41 Å². The van der Waals surface area contributed by atoms with Crippen LogP contribution in [0.5, 0.6) is 0 Å². The van der Waals surface area contributed by atoms with E-state index in [0.717, 1.165) is 0 Å². The number of carboxylic acids is 1. The summed E-state index contributed by atoms with van der Waals surface area (Å²) in [6.45, 7) is 2.54. The van der Waals surface area contributed by atoms with Gasteiger partial charge in [-0.3, -0.25) is 4.79 Å². The smallest absolute Gasteiger partial charge is 0.409 e. The SMILES string of the molecule is C[C@]1(C(=O)O)CCN(C(=O)OCC2c3ccccc3-c3ccccc32)C1. The lowest BCUT2D eigenvalue weighted by molar-refractivity contribution is -0.147. The van der Waals surface area contributed by atoms with Crippen LogP contribution < -0.4 is 0 Å². The van der Waals surface area contributed by atoms with E-state index in [0.29, 0.717) is 13.0 Å². The second-order valence-electron chi connectivity index (χ2n) is 7.34. The second kappa shape index (κ2) is 6.16. The first-order valence-corrected chi connectivity index (χ1v) is 8.83. The molecule has 2 aromatic carbocycles. The summed E-state index contributed by atoms with van der Waals surface area (Å²) in [4.78, 5) is 25.3. The third kappa shape index (κ3) is 2.64. The molecule has 0 bridgehead atoms. The summed E-state index contributed by atoms with van der Waals surface area (Å²) >= 11 is 0. The number of rotatable bonds is 3. The number of likely N-dealkylation sites (tertiary alicyclic amines) is 1. The van der Waals surface area contributed by atoms with Gasteiger partial charge in [-0.25, -0.2) is 4.79 Å². The molecule has 4 rings (SSSR count). The third-order valence-corrected chi connectivity index (χ3v) is 5.58. The average Bonchev–Trinajstić information content (AvgIpc) is 3.20. The van der Waals surface area contributed by atoms with Gasteiger partial charge in [0.15, 0.2) is 0 Å². The Bertz CT molecular complexity index is 832. The highest BCUT2D eigenvalue weighted by Crippen LogP contribution is 2.44. The minimum absolute atomic E-state index is 0.0137. The first-order valence-electron chi connectivity index (χ1n) is 8.83. The van der Waals surface area contributed by atoms with Gasteiger partial charge in [-0.05, 0) is 35.6 Å². The molecule has 2 aliphatic rings. The molecule has 1 amide bonds. The lowest BCUT2D eigenvalue weighted by Crippen LogP contribution is -2.35. The lowest BCUT2D eigenvalue weighted by Gasteiger charge is -2.21. The van der Waals surface area contributed by atoms with E-state index in [4.69, 9.17) is 4.74 Å². The molecule has 5 heteroatoms. The topological polar surface area (TPSA) is 66.8 Å². The highest BCUT2D eigenvalue weighted by molar-refractivity contribution is 5.79. The summed E-state index contributed by atoms with van der Waals surface area (Å²) in [5, 5.41) is 9.31. The van der Waals surface area contributed by atoms with Crippen LogP contribution in [0, 0.1) is 5.41 Å². The van der Waals surface area contributed by atoms with E-state index in [-0.39, 0.29) is 19.1 Å². The van der Waals surface area contributed by atoms with Crippen LogP contribution in [0.15, 0.2) is 48.5 Å². The van der Waals surface area contributed by atoms with Gasteiger partial charge >= 0.3 is 12.1 Å². The lowest BCUT2D eigenvalue weighted by atomic mass is 9.90. The zero-order chi connectivity index (χ0) is 18.3. The summed E-state index contributed by atoms with van der Waals surface area (Å²) in [6.07, 6.45) is 0.0174. The third-order valence-electron chi connectivity index (χ3n) is 5.58. The van der Waals surface area contributed by atoms with Crippen molar-refractivity contribution in [1.82, 2.24) is 4.90 Å². The second-order valence-corrected chi connectivity index (χ2v) is 7.34. The van der Waals surface area contributed by atoms with Gasteiger partial charge < -0.3 is 14.7 Å². The van der Waals surface area contributed by atoms with Crippen molar-refractivity contribution in [2.45, 2.75) is 19.3 Å². The van der Waals surface area contributed by atoms with Crippen LogP contribution >= 0.6 is 0 Å². The van der Waals surface area contributed by atoms with Gasteiger partial charge in [-0.15, -0.1) is 0 Å². The van der Waals surface area contributed by atoms with Crippen LogP contribution in [-0.4, -0.2) is 41.8 Å². The summed E-state index contributed by atoms with van der Waals surface area (Å²) in [7, 11) is 0. The standard InChI is InChI=1S/C21H21NO4/c1-21(19(23)24)10-11-22(13-21)20(25)26-12-18-16-8-4-2-6-14(16)15-7-3-5-9-17(15)18/h2-9,18H,10-13H2,1H3,(H,23,24)/t21-/m0/s1. The summed E-state index contributed by atoms with van der Waals surface area (Å²) in [5.74, 6) is -0.855. The van der Waals surface area contributed by atoms with Gasteiger partial charge in [0.25, 0.3) is 0 Å². The van der Waals surface area contributed by atoms with E-state index < -0.39 is 17.5 Å². The number of carboxylic acid groups (broad SMARTS) is 1. The van der Waals surface area contributed by atoms with Crippen LogP contribution in [0.3, 0.4) is 0 Å². The van der Waals surface area contributed by atoms with Crippen LogP contribution in [0.2, 0.25) is 0 Å². The number of hydrogen-bond donors (Lipinski definition) is 1. The van der Waals surface area contributed by atoms with Gasteiger partial charge in [0.2, 0.25) is 0 Å². The van der Waals surface area contributed by atoms with Crippen LogP contribution in [0.25, 0.3) is 11.1 Å². The van der Waals surface area contributed by atoms with Crippen LogP contribution in [-0.2, 0) is 9.53 Å². The molecule has 0 saturated carbocycles. The molecule has 2 aromatic rings. The van der Waals surface area contributed by atoms with Crippen molar-refractivity contribution in [2.75, 3.05) is 19.7 Å². The van der Waals surface area contributed by atoms with E-state index >= 15 is 0 Å². The van der Waals surface area contributed by atoms with Gasteiger partial charge in [0.1, 0.15) is 6.61 Å². The summed E-state index contributed by atoms with van der Waals surface area (Å²) in [5.41, 5.74) is 3.81. The number of benzene rings is 2. The number of carbonyl (C=O) groups excluding carboxylic acids is 1. The van der Waals surface area contributed by atoms with Gasteiger partial charge in [-0.2, -0.15) is 0 Å². The number of fused-ring (bicyclic) bond motifs is 3. The predicted molar refractivity (Wildman–Crippen MR) is 97.0 cm³/mol. The maximum Gasteiger partial charge on any atom is 0.409 e. The molecule has 1 atom stereocenters. The zero-order valence-corrected chi connectivity index (χ0v) is 14.6. The van der Waals surface area contributed by atoms with Gasteiger partial charge in [0.05, 0.1) is 5.41 Å². The van der Waals surface area contributed by atoms with Crippen molar-refractivity contribution in [3.05, 3.63) is 59.7 Å². The number of nitrogens with zero attached hydrogens (tertiary/aromatic N) is 1. The molecule has 1 heterocycles. The van der Waals surface area contributed by atoms with Crippen molar-refractivity contribution in [1.29, 1.82) is 0 Å². The Balaban J connectivity index is 1.49. The zero-order valence-electron chi connectivity index (χ0n) is 14.6. The number of hydrogen-bond acceptors (Lipinski definition) is 3. The number of amides is 1.